The highest BCUT2D eigenvalue weighted by Gasteiger charge is 2.20. The van der Waals surface area contributed by atoms with Crippen LogP contribution in [0.1, 0.15) is 6.42 Å². The van der Waals surface area contributed by atoms with Gasteiger partial charge in [-0.15, -0.1) is 0 Å². The Hall–Kier alpha value is -0.990. The lowest BCUT2D eigenvalue weighted by Crippen LogP contribution is -2.44. The highest BCUT2D eigenvalue weighted by atomic mass is 32.2. The van der Waals surface area contributed by atoms with Crippen LogP contribution < -0.4 is 5.32 Å². The predicted octanol–water partition coefficient (Wildman–Crippen LogP) is -1.12. The number of nitrogens with zero attached hydrogens (tertiary/aromatic N) is 4. The Kier molecular flexibility index (Phi) is 4.31. The number of aryl methyl sites for hydroxylation is 1. The molecule has 1 fully saturated rings. The van der Waals surface area contributed by atoms with Crippen molar-refractivity contribution in [2.24, 2.45) is 7.05 Å². The van der Waals surface area contributed by atoms with E-state index in [2.05, 4.69) is 20.3 Å². The van der Waals surface area contributed by atoms with Crippen molar-refractivity contribution in [3.05, 3.63) is 6.33 Å². The van der Waals surface area contributed by atoms with Gasteiger partial charge in [-0.1, -0.05) is 0 Å². The Balaban J connectivity index is 1.84. The van der Waals surface area contributed by atoms with Gasteiger partial charge in [-0.3, -0.25) is 0 Å². The molecule has 0 amide bonds. The third-order valence-electron chi connectivity index (χ3n) is 3.05. The number of hydrogen-bond acceptors (Lipinski definition) is 6. The first kappa shape index (κ1) is 13.4. The fourth-order valence-electron chi connectivity index (χ4n) is 2.07. The zero-order chi connectivity index (χ0) is 13.0. The number of nitrogens with one attached hydrogen (secondary N) is 1. The van der Waals surface area contributed by atoms with Gasteiger partial charge in [-0.2, -0.15) is 5.10 Å². The first-order valence-corrected chi connectivity index (χ1v) is 7.75. The van der Waals surface area contributed by atoms with Crippen molar-refractivity contribution in [2.45, 2.75) is 11.6 Å². The van der Waals surface area contributed by atoms with Crippen LogP contribution >= 0.6 is 0 Å². The molecule has 18 heavy (non-hydrogen) atoms. The summed E-state index contributed by atoms with van der Waals surface area (Å²) in [6, 6.07) is 0. The summed E-state index contributed by atoms with van der Waals surface area (Å²) in [5.74, 6) is 0.128. The van der Waals surface area contributed by atoms with Crippen LogP contribution in [-0.2, 0) is 16.9 Å². The Morgan fingerprint density at radius 3 is 2.72 bits per heavy atom. The van der Waals surface area contributed by atoms with Crippen molar-refractivity contribution in [1.82, 2.24) is 25.0 Å². The summed E-state index contributed by atoms with van der Waals surface area (Å²) in [6.07, 6.45) is 1.90. The Labute approximate surface area is 107 Å². The summed E-state index contributed by atoms with van der Waals surface area (Å²) in [5.41, 5.74) is 0. The predicted molar refractivity (Wildman–Crippen MR) is 67.0 cm³/mol. The van der Waals surface area contributed by atoms with Crippen LogP contribution in [-0.4, -0.2) is 66.6 Å². The molecule has 1 N–H and O–H groups in total. The molecule has 0 aliphatic carbocycles. The van der Waals surface area contributed by atoms with Crippen molar-refractivity contribution < 1.29 is 8.42 Å². The van der Waals surface area contributed by atoms with Crippen molar-refractivity contribution >= 4 is 9.84 Å². The number of aromatic nitrogens is 3. The van der Waals surface area contributed by atoms with E-state index in [-0.39, 0.29) is 10.9 Å². The fraction of sp³-hybridized carbons (Fsp3) is 0.800. The van der Waals surface area contributed by atoms with Gasteiger partial charge in [0.05, 0.1) is 5.75 Å². The van der Waals surface area contributed by atoms with E-state index in [9.17, 15) is 8.42 Å². The number of hydrogen-bond donors (Lipinski definition) is 1. The van der Waals surface area contributed by atoms with E-state index in [0.717, 1.165) is 32.7 Å². The number of sulfone groups is 1. The summed E-state index contributed by atoms with van der Waals surface area (Å²) in [6.45, 7) is 4.76. The van der Waals surface area contributed by atoms with E-state index < -0.39 is 9.84 Å². The lowest BCUT2D eigenvalue weighted by Gasteiger charge is -2.26. The van der Waals surface area contributed by atoms with Gasteiger partial charge in [0, 0.05) is 33.2 Å². The molecule has 8 heteroatoms. The Bertz CT molecular complexity index is 478. The zero-order valence-electron chi connectivity index (χ0n) is 10.5. The zero-order valence-corrected chi connectivity index (χ0v) is 11.4. The minimum Gasteiger partial charge on any atom is -0.314 e. The van der Waals surface area contributed by atoms with E-state index in [1.807, 2.05) is 0 Å². The maximum absolute atomic E-state index is 12.0. The maximum Gasteiger partial charge on any atom is 0.245 e. The van der Waals surface area contributed by atoms with Crippen LogP contribution in [0.25, 0.3) is 0 Å². The van der Waals surface area contributed by atoms with Crippen LogP contribution in [0.15, 0.2) is 11.5 Å². The quantitative estimate of drug-likeness (QED) is 0.732. The average molecular weight is 273 g/mol. The molecule has 2 heterocycles. The molecule has 0 bridgehead atoms. The molecule has 1 aromatic rings. The standard InChI is InChI=1S/C10H19N5O2S/c1-14-10(12-9-13-14)18(16,17)8-2-5-15-6-3-11-4-7-15/h9,11H,2-8H2,1H3. The van der Waals surface area contributed by atoms with Crippen molar-refractivity contribution in [3.63, 3.8) is 0 Å². The van der Waals surface area contributed by atoms with Crippen LogP contribution in [0.3, 0.4) is 0 Å². The Morgan fingerprint density at radius 1 is 1.39 bits per heavy atom. The molecule has 7 nitrogen and oxygen atoms in total. The summed E-state index contributed by atoms with van der Waals surface area (Å²) >= 11 is 0. The lowest BCUT2D eigenvalue weighted by atomic mass is 10.3. The summed E-state index contributed by atoms with van der Waals surface area (Å²) < 4.78 is 25.3. The number of rotatable bonds is 5. The van der Waals surface area contributed by atoms with Gasteiger partial charge in [-0.05, 0) is 13.0 Å². The van der Waals surface area contributed by atoms with Crippen molar-refractivity contribution in [2.75, 3.05) is 38.5 Å². The maximum atomic E-state index is 12.0. The SMILES string of the molecule is Cn1ncnc1S(=O)(=O)CCCN1CCNCC1. The van der Waals surface area contributed by atoms with Gasteiger partial charge in [0.2, 0.25) is 15.0 Å². The van der Waals surface area contributed by atoms with Crippen LogP contribution in [0.5, 0.6) is 0 Å². The molecule has 0 saturated carbocycles. The lowest BCUT2D eigenvalue weighted by molar-refractivity contribution is 0.242. The Morgan fingerprint density at radius 2 is 2.11 bits per heavy atom. The van der Waals surface area contributed by atoms with Gasteiger partial charge in [0.15, 0.2) is 0 Å². The van der Waals surface area contributed by atoms with E-state index in [0.29, 0.717) is 6.42 Å². The van der Waals surface area contributed by atoms with Crippen LogP contribution in [0.2, 0.25) is 0 Å². The molecule has 1 aliphatic heterocycles. The van der Waals surface area contributed by atoms with Gasteiger partial charge in [0.25, 0.3) is 0 Å². The normalized spacial score (nSPS) is 18.1. The van der Waals surface area contributed by atoms with Gasteiger partial charge in [-0.25, -0.2) is 18.1 Å². The number of piperazine rings is 1. The third-order valence-corrected chi connectivity index (χ3v) is 4.80. The molecule has 2 rings (SSSR count). The molecule has 0 spiro atoms. The second-order valence-corrected chi connectivity index (χ2v) is 6.43. The molecule has 1 saturated heterocycles. The fourth-order valence-corrected chi connectivity index (χ4v) is 3.42. The highest BCUT2D eigenvalue weighted by Crippen LogP contribution is 2.07. The molecule has 0 aromatic carbocycles. The van der Waals surface area contributed by atoms with Crippen molar-refractivity contribution in [3.8, 4) is 0 Å². The molecule has 0 radical (unpaired) electrons. The largest absolute Gasteiger partial charge is 0.314 e. The third kappa shape index (κ3) is 3.27. The van der Waals surface area contributed by atoms with Crippen LogP contribution in [0.4, 0.5) is 0 Å². The van der Waals surface area contributed by atoms with E-state index in [4.69, 9.17) is 0 Å². The summed E-state index contributed by atoms with van der Waals surface area (Å²) in [5, 5.41) is 7.12. The second kappa shape index (κ2) is 5.77. The molecular formula is C10H19N5O2S. The molecular weight excluding hydrogens is 254 g/mol. The summed E-state index contributed by atoms with van der Waals surface area (Å²) in [4.78, 5) is 6.07. The van der Waals surface area contributed by atoms with Gasteiger partial charge >= 0.3 is 0 Å². The smallest absolute Gasteiger partial charge is 0.245 e. The minimum absolute atomic E-state index is 0.0582. The first-order chi connectivity index (χ1) is 8.59. The van der Waals surface area contributed by atoms with Crippen molar-refractivity contribution in [1.29, 1.82) is 0 Å². The topological polar surface area (TPSA) is 80.1 Å². The second-order valence-electron chi connectivity index (χ2n) is 4.43. The molecule has 102 valence electrons. The van der Waals surface area contributed by atoms with Crippen LogP contribution in [0, 0.1) is 0 Å². The summed E-state index contributed by atoms with van der Waals surface area (Å²) in [7, 11) is -1.71. The average Bonchev–Trinajstić information content (AvgIpc) is 2.77. The molecule has 1 aliphatic rings. The van der Waals surface area contributed by atoms with E-state index in [1.54, 1.807) is 7.05 Å². The monoisotopic (exact) mass is 273 g/mol. The minimum atomic E-state index is -3.30. The first-order valence-electron chi connectivity index (χ1n) is 6.09. The van der Waals surface area contributed by atoms with Gasteiger partial charge in [0.1, 0.15) is 6.33 Å². The molecule has 0 unspecified atom stereocenters. The van der Waals surface area contributed by atoms with E-state index in [1.165, 1.54) is 11.0 Å². The molecule has 1 aromatic heterocycles. The van der Waals surface area contributed by atoms with E-state index >= 15 is 0 Å². The molecule has 0 atom stereocenters. The van der Waals surface area contributed by atoms with Gasteiger partial charge < -0.3 is 10.2 Å². The highest BCUT2D eigenvalue weighted by molar-refractivity contribution is 7.91.